The van der Waals surface area contributed by atoms with Crippen LogP contribution < -0.4 is 0 Å². The van der Waals surface area contributed by atoms with Gasteiger partial charge in [0.2, 0.25) is 6.04 Å². The van der Waals surface area contributed by atoms with Gasteiger partial charge in [0, 0.05) is 17.8 Å². The second-order valence-corrected chi connectivity index (χ2v) is 5.19. The molecule has 0 radical (unpaired) electrons. The fourth-order valence-corrected chi connectivity index (χ4v) is 3.32. The number of hydrogen-bond acceptors (Lipinski definition) is 2. The molecule has 1 saturated carbocycles. The minimum Gasteiger partial charge on any atom is -0.264 e. The molecule has 3 nitrogen and oxygen atoms in total. The molecule has 0 amide bonds. The average molecular weight is 199 g/mol. The second kappa shape index (κ2) is 4.28. The van der Waals surface area contributed by atoms with E-state index in [1.165, 1.54) is 0 Å². The van der Waals surface area contributed by atoms with Crippen LogP contribution in [0.3, 0.4) is 0 Å². The first-order valence-electron chi connectivity index (χ1n) is 5.57. The van der Waals surface area contributed by atoms with Crippen molar-refractivity contribution in [2.45, 2.75) is 46.6 Å². The third kappa shape index (κ3) is 2.25. The molecule has 2 unspecified atom stereocenters. The van der Waals surface area contributed by atoms with Crippen molar-refractivity contribution in [3.05, 3.63) is 10.1 Å². The average Bonchev–Trinajstić information content (AvgIpc) is 2.01. The van der Waals surface area contributed by atoms with Crippen LogP contribution >= 0.6 is 0 Å². The Morgan fingerprint density at radius 1 is 1.21 bits per heavy atom. The molecule has 1 aliphatic rings. The highest BCUT2D eigenvalue weighted by Crippen LogP contribution is 2.39. The predicted octanol–water partition coefficient (Wildman–Crippen LogP) is 2.97. The van der Waals surface area contributed by atoms with Gasteiger partial charge in [0.05, 0.1) is 0 Å². The van der Waals surface area contributed by atoms with Gasteiger partial charge < -0.3 is 0 Å². The van der Waals surface area contributed by atoms with Crippen molar-refractivity contribution in [1.29, 1.82) is 0 Å². The number of nitrogens with zero attached hydrogens (tertiary/aromatic N) is 1. The van der Waals surface area contributed by atoms with Crippen LogP contribution in [-0.4, -0.2) is 11.0 Å². The Balaban J connectivity index is 2.67. The van der Waals surface area contributed by atoms with E-state index < -0.39 is 0 Å². The maximum Gasteiger partial charge on any atom is 0.213 e. The Morgan fingerprint density at radius 3 is 1.93 bits per heavy atom. The summed E-state index contributed by atoms with van der Waals surface area (Å²) < 4.78 is 0. The van der Waals surface area contributed by atoms with Crippen LogP contribution in [0.2, 0.25) is 0 Å². The highest BCUT2D eigenvalue weighted by atomic mass is 16.6. The molecule has 0 aliphatic heterocycles. The van der Waals surface area contributed by atoms with E-state index >= 15 is 0 Å². The fourth-order valence-electron chi connectivity index (χ4n) is 3.32. The highest BCUT2D eigenvalue weighted by molar-refractivity contribution is 4.84. The van der Waals surface area contributed by atoms with Crippen molar-refractivity contribution in [1.82, 2.24) is 0 Å². The third-order valence-corrected chi connectivity index (χ3v) is 3.67. The summed E-state index contributed by atoms with van der Waals surface area (Å²) in [6.07, 6.45) is 1.53. The Hall–Kier alpha value is -0.600. The lowest BCUT2D eigenvalue weighted by molar-refractivity contribution is -0.530. The summed E-state index contributed by atoms with van der Waals surface area (Å²) in [5, 5.41) is 10.7. The second-order valence-electron chi connectivity index (χ2n) is 5.19. The van der Waals surface area contributed by atoms with Gasteiger partial charge in [0.15, 0.2) is 0 Å². The molecule has 0 bridgehead atoms. The van der Waals surface area contributed by atoms with E-state index in [0.29, 0.717) is 23.7 Å². The van der Waals surface area contributed by atoms with Crippen molar-refractivity contribution in [3.8, 4) is 0 Å². The van der Waals surface area contributed by atoms with Crippen molar-refractivity contribution in [2.24, 2.45) is 23.7 Å². The van der Waals surface area contributed by atoms with Gasteiger partial charge in [-0.15, -0.1) is 0 Å². The van der Waals surface area contributed by atoms with E-state index in [1.807, 2.05) is 0 Å². The maximum absolute atomic E-state index is 10.7. The summed E-state index contributed by atoms with van der Waals surface area (Å²) in [5.41, 5.74) is 0. The maximum atomic E-state index is 10.7. The van der Waals surface area contributed by atoms with Gasteiger partial charge >= 0.3 is 0 Å². The zero-order valence-electron chi connectivity index (χ0n) is 9.56. The standard InChI is InChI=1S/C11H21NO2/c1-7(2)11-8(3)5-10(12(13)14)6-9(11)4/h7-11H,5-6H2,1-4H3. The quantitative estimate of drug-likeness (QED) is 0.507. The number of nitro groups is 1. The minimum absolute atomic E-state index is 0.0937. The van der Waals surface area contributed by atoms with Crippen LogP contribution in [-0.2, 0) is 0 Å². The monoisotopic (exact) mass is 199 g/mol. The summed E-state index contributed by atoms with van der Waals surface area (Å²) in [6, 6.07) is -0.296. The number of hydrogen-bond donors (Lipinski definition) is 0. The van der Waals surface area contributed by atoms with Gasteiger partial charge in [-0.1, -0.05) is 27.7 Å². The lowest BCUT2D eigenvalue weighted by Gasteiger charge is -2.38. The molecule has 1 fully saturated rings. The van der Waals surface area contributed by atoms with Gasteiger partial charge in [-0.05, 0) is 23.7 Å². The Kier molecular flexibility index (Phi) is 3.51. The highest BCUT2D eigenvalue weighted by Gasteiger charge is 2.39. The fraction of sp³-hybridized carbons (Fsp3) is 1.00. The van der Waals surface area contributed by atoms with Crippen LogP contribution in [0.25, 0.3) is 0 Å². The molecule has 0 heterocycles. The minimum atomic E-state index is -0.296. The molecular formula is C11H21NO2. The van der Waals surface area contributed by atoms with Crippen molar-refractivity contribution < 1.29 is 4.92 Å². The molecule has 0 N–H and O–H groups in total. The molecule has 0 saturated heterocycles. The largest absolute Gasteiger partial charge is 0.264 e. The van der Waals surface area contributed by atoms with Gasteiger partial charge in [0.25, 0.3) is 0 Å². The molecule has 0 aromatic heterocycles. The molecule has 1 aliphatic carbocycles. The molecule has 0 spiro atoms. The smallest absolute Gasteiger partial charge is 0.213 e. The first kappa shape index (κ1) is 11.5. The molecule has 82 valence electrons. The SMILES string of the molecule is CC(C)C1C(C)CC([N+](=O)[O-])CC1C. The van der Waals surface area contributed by atoms with Crippen LogP contribution in [0, 0.1) is 33.8 Å². The molecule has 0 aromatic carbocycles. The van der Waals surface area contributed by atoms with E-state index in [-0.39, 0.29) is 11.0 Å². The van der Waals surface area contributed by atoms with Crippen molar-refractivity contribution >= 4 is 0 Å². The summed E-state index contributed by atoms with van der Waals surface area (Å²) in [6.45, 7) is 8.78. The Morgan fingerprint density at radius 2 is 1.64 bits per heavy atom. The Labute approximate surface area is 86.0 Å². The van der Waals surface area contributed by atoms with Crippen molar-refractivity contribution in [2.75, 3.05) is 0 Å². The number of rotatable bonds is 2. The predicted molar refractivity (Wildman–Crippen MR) is 56.7 cm³/mol. The van der Waals surface area contributed by atoms with E-state index in [2.05, 4.69) is 27.7 Å². The van der Waals surface area contributed by atoms with E-state index in [4.69, 9.17) is 0 Å². The van der Waals surface area contributed by atoms with Crippen LogP contribution in [0.4, 0.5) is 0 Å². The molecule has 3 heteroatoms. The van der Waals surface area contributed by atoms with E-state index in [0.717, 1.165) is 12.8 Å². The van der Waals surface area contributed by atoms with Gasteiger partial charge in [0.1, 0.15) is 0 Å². The normalized spacial score (nSPS) is 38.6. The molecule has 0 aromatic rings. The van der Waals surface area contributed by atoms with E-state index in [1.54, 1.807) is 0 Å². The van der Waals surface area contributed by atoms with Crippen LogP contribution in [0.1, 0.15) is 40.5 Å². The lowest BCUT2D eigenvalue weighted by atomic mass is 9.67. The zero-order valence-corrected chi connectivity index (χ0v) is 9.56. The topological polar surface area (TPSA) is 43.1 Å². The molecular weight excluding hydrogens is 178 g/mol. The molecule has 14 heavy (non-hydrogen) atoms. The van der Waals surface area contributed by atoms with E-state index in [9.17, 15) is 10.1 Å². The molecule has 1 rings (SSSR count). The Bertz CT molecular complexity index is 203. The van der Waals surface area contributed by atoms with Crippen LogP contribution in [0.15, 0.2) is 0 Å². The first-order valence-corrected chi connectivity index (χ1v) is 5.57. The molecule has 2 atom stereocenters. The first-order chi connectivity index (χ1) is 6.43. The summed E-state index contributed by atoms with van der Waals surface area (Å²) >= 11 is 0. The van der Waals surface area contributed by atoms with Gasteiger partial charge in [-0.25, -0.2) is 0 Å². The van der Waals surface area contributed by atoms with Crippen LogP contribution in [0.5, 0.6) is 0 Å². The zero-order chi connectivity index (χ0) is 10.9. The van der Waals surface area contributed by atoms with Crippen molar-refractivity contribution in [3.63, 3.8) is 0 Å². The van der Waals surface area contributed by atoms with Gasteiger partial charge in [-0.2, -0.15) is 0 Å². The summed E-state index contributed by atoms with van der Waals surface area (Å²) in [5.74, 6) is 2.29. The lowest BCUT2D eigenvalue weighted by Crippen LogP contribution is -2.38. The summed E-state index contributed by atoms with van der Waals surface area (Å²) in [4.78, 5) is 10.6. The summed E-state index contributed by atoms with van der Waals surface area (Å²) in [7, 11) is 0. The third-order valence-electron chi connectivity index (χ3n) is 3.67. The van der Waals surface area contributed by atoms with Gasteiger partial charge in [-0.3, -0.25) is 10.1 Å².